The summed E-state index contributed by atoms with van der Waals surface area (Å²) in [7, 11) is 0. The molecule has 0 aliphatic heterocycles. The van der Waals surface area contributed by atoms with Crippen molar-refractivity contribution < 1.29 is 9.59 Å². The third-order valence-electron chi connectivity index (χ3n) is 3.61. The minimum Gasteiger partial charge on any atom is -0.326 e. The predicted octanol–water partition coefficient (Wildman–Crippen LogP) is 4.48. The smallest absolute Gasteiger partial charge is 0.240 e. The predicted molar refractivity (Wildman–Crippen MR) is 106 cm³/mol. The summed E-state index contributed by atoms with van der Waals surface area (Å²) in [4.78, 5) is 23.8. The Morgan fingerprint density at radius 2 is 1.81 bits per heavy atom. The highest BCUT2D eigenvalue weighted by Gasteiger charge is 2.08. The van der Waals surface area contributed by atoms with Gasteiger partial charge in [0.05, 0.1) is 16.3 Å². The zero-order chi connectivity index (χ0) is 19.1. The number of carbonyl (C=O) groups is 2. The fourth-order valence-corrected chi connectivity index (χ4v) is 2.60. The van der Waals surface area contributed by atoms with Crippen LogP contribution < -0.4 is 10.7 Å². The number of amides is 2. The number of rotatable bonds is 6. The first-order valence-electron chi connectivity index (χ1n) is 8.00. The topological polar surface area (TPSA) is 70.6 Å². The molecule has 0 aromatic heterocycles. The van der Waals surface area contributed by atoms with Crippen molar-refractivity contribution in [3.8, 4) is 0 Å². The van der Waals surface area contributed by atoms with Crippen LogP contribution in [0, 0.1) is 13.8 Å². The van der Waals surface area contributed by atoms with Crippen LogP contribution in [0.3, 0.4) is 0 Å². The van der Waals surface area contributed by atoms with Crippen LogP contribution in [0.25, 0.3) is 0 Å². The molecule has 0 spiro atoms. The number of benzene rings is 2. The number of aryl methyl sites for hydroxylation is 2. The summed E-state index contributed by atoms with van der Waals surface area (Å²) < 4.78 is 0. The summed E-state index contributed by atoms with van der Waals surface area (Å²) in [6.07, 6.45) is 1.49. The van der Waals surface area contributed by atoms with Crippen molar-refractivity contribution in [1.82, 2.24) is 5.43 Å². The molecular weight excluding hydrogens is 373 g/mol. The fourth-order valence-electron chi connectivity index (χ4n) is 2.24. The molecule has 0 saturated heterocycles. The quantitative estimate of drug-likeness (QED) is 0.562. The van der Waals surface area contributed by atoms with Gasteiger partial charge >= 0.3 is 0 Å². The van der Waals surface area contributed by atoms with Gasteiger partial charge < -0.3 is 5.32 Å². The Bertz CT molecular complexity index is 851. The first-order chi connectivity index (χ1) is 12.4. The van der Waals surface area contributed by atoms with Crippen LogP contribution in [0.4, 0.5) is 5.69 Å². The molecule has 2 aromatic carbocycles. The Kier molecular flexibility index (Phi) is 7.18. The third kappa shape index (κ3) is 5.86. The van der Waals surface area contributed by atoms with E-state index in [2.05, 4.69) is 15.8 Å². The van der Waals surface area contributed by atoms with Crippen molar-refractivity contribution in [2.45, 2.75) is 26.7 Å². The number of halogens is 2. The van der Waals surface area contributed by atoms with Gasteiger partial charge in [-0.25, -0.2) is 5.43 Å². The molecule has 136 valence electrons. The molecule has 0 bridgehead atoms. The normalized spacial score (nSPS) is 10.8. The van der Waals surface area contributed by atoms with Gasteiger partial charge in [0.25, 0.3) is 0 Å². The van der Waals surface area contributed by atoms with Crippen LogP contribution in [-0.4, -0.2) is 18.0 Å². The molecule has 0 radical (unpaired) electrons. The average Bonchev–Trinajstić information content (AvgIpc) is 2.59. The van der Waals surface area contributed by atoms with Crippen molar-refractivity contribution in [3.05, 3.63) is 63.1 Å². The number of hydrazone groups is 1. The molecule has 7 heteroatoms. The molecule has 0 aliphatic rings. The van der Waals surface area contributed by atoms with Crippen LogP contribution in [0.2, 0.25) is 10.0 Å². The molecule has 26 heavy (non-hydrogen) atoms. The standard InChI is InChI=1S/C19H19Cl2N3O2/c1-12-6-7-16(13(2)10-12)23-17(25)8-9-18(26)24-22-11-14-4-3-5-15(20)19(14)21/h3-7,10-11H,8-9H2,1-2H3,(H,23,25)(H,24,26). The fraction of sp³-hybridized carbons (Fsp3) is 0.211. The Labute approximate surface area is 162 Å². The molecule has 0 unspecified atom stereocenters. The van der Waals surface area contributed by atoms with Gasteiger partial charge in [0.2, 0.25) is 11.8 Å². The first kappa shape index (κ1) is 19.9. The summed E-state index contributed by atoms with van der Waals surface area (Å²) in [5, 5.41) is 7.40. The molecule has 2 N–H and O–H groups in total. The number of nitrogens with one attached hydrogen (secondary N) is 2. The van der Waals surface area contributed by atoms with E-state index in [0.717, 1.165) is 16.8 Å². The second-order valence-electron chi connectivity index (χ2n) is 5.80. The van der Waals surface area contributed by atoms with Gasteiger partial charge in [0.15, 0.2) is 0 Å². The van der Waals surface area contributed by atoms with Gasteiger partial charge in [0, 0.05) is 24.1 Å². The second-order valence-corrected chi connectivity index (χ2v) is 6.59. The van der Waals surface area contributed by atoms with Gasteiger partial charge in [-0.1, -0.05) is 53.0 Å². The third-order valence-corrected chi connectivity index (χ3v) is 4.44. The van der Waals surface area contributed by atoms with Crippen LogP contribution in [0.5, 0.6) is 0 Å². The summed E-state index contributed by atoms with van der Waals surface area (Å²) in [6, 6.07) is 10.9. The number of hydrogen-bond acceptors (Lipinski definition) is 3. The number of carbonyl (C=O) groups excluding carboxylic acids is 2. The van der Waals surface area contributed by atoms with Crippen molar-refractivity contribution in [3.63, 3.8) is 0 Å². The Morgan fingerprint density at radius 3 is 2.54 bits per heavy atom. The largest absolute Gasteiger partial charge is 0.326 e. The number of anilines is 1. The van der Waals surface area contributed by atoms with E-state index >= 15 is 0 Å². The first-order valence-corrected chi connectivity index (χ1v) is 8.75. The molecular formula is C19H19Cl2N3O2. The Morgan fingerprint density at radius 1 is 1.08 bits per heavy atom. The van der Waals surface area contributed by atoms with Crippen LogP contribution in [-0.2, 0) is 9.59 Å². The number of hydrogen-bond donors (Lipinski definition) is 2. The monoisotopic (exact) mass is 391 g/mol. The van der Waals surface area contributed by atoms with Gasteiger partial charge in [-0.05, 0) is 31.5 Å². The molecule has 0 saturated carbocycles. The van der Waals surface area contributed by atoms with E-state index in [1.807, 2.05) is 32.0 Å². The zero-order valence-electron chi connectivity index (χ0n) is 14.5. The lowest BCUT2D eigenvalue weighted by Gasteiger charge is -2.08. The molecule has 0 aliphatic carbocycles. The Balaban J connectivity index is 1.80. The summed E-state index contributed by atoms with van der Waals surface area (Å²) in [5.41, 5.74) is 5.80. The van der Waals surface area contributed by atoms with E-state index in [9.17, 15) is 9.59 Å². The lowest BCUT2D eigenvalue weighted by atomic mass is 10.1. The second kappa shape index (κ2) is 9.36. The van der Waals surface area contributed by atoms with Gasteiger partial charge in [0.1, 0.15) is 0 Å². The lowest BCUT2D eigenvalue weighted by Crippen LogP contribution is -2.20. The minimum atomic E-state index is -0.366. The number of nitrogens with zero attached hydrogens (tertiary/aromatic N) is 1. The molecule has 2 amide bonds. The van der Waals surface area contributed by atoms with Crippen molar-refractivity contribution in [2.75, 3.05) is 5.32 Å². The summed E-state index contributed by atoms with van der Waals surface area (Å²) in [5.74, 6) is -0.593. The van der Waals surface area contributed by atoms with E-state index in [1.165, 1.54) is 6.21 Å². The molecule has 0 atom stereocenters. The van der Waals surface area contributed by atoms with Gasteiger partial charge in [-0.15, -0.1) is 0 Å². The van der Waals surface area contributed by atoms with Gasteiger partial charge in [-0.3, -0.25) is 9.59 Å². The highest BCUT2D eigenvalue weighted by molar-refractivity contribution is 6.43. The van der Waals surface area contributed by atoms with Crippen LogP contribution in [0.15, 0.2) is 41.5 Å². The maximum absolute atomic E-state index is 12.0. The highest BCUT2D eigenvalue weighted by atomic mass is 35.5. The summed E-state index contributed by atoms with van der Waals surface area (Å²) in [6.45, 7) is 3.91. The van der Waals surface area contributed by atoms with E-state index in [4.69, 9.17) is 23.2 Å². The summed E-state index contributed by atoms with van der Waals surface area (Å²) >= 11 is 11.9. The van der Waals surface area contributed by atoms with Crippen molar-refractivity contribution in [1.29, 1.82) is 0 Å². The molecule has 0 heterocycles. The zero-order valence-corrected chi connectivity index (χ0v) is 16.0. The SMILES string of the molecule is Cc1ccc(NC(=O)CCC(=O)NN=Cc2cccc(Cl)c2Cl)c(C)c1. The van der Waals surface area contributed by atoms with E-state index in [1.54, 1.807) is 18.2 Å². The molecule has 5 nitrogen and oxygen atoms in total. The van der Waals surface area contributed by atoms with E-state index < -0.39 is 0 Å². The van der Waals surface area contributed by atoms with Crippen LogP contribution in [0.1, 0.15) is 29.5 Å². The van der Waals surface area contributed by atoms with Crippen LogP contribution >= 0.6 is 23.2 Å². The minimum absolute atomic E-state index is 0.0252. The van der Waals surface area contributed by atoms with E-state index in [0.29, 0.717) is 15.6 Å². The maximum Gasteiger partial charge on any atom is 0.240 e. The van der Waals surface area contributed by atoms with Crippen molar-refractivity contribution in [2.24, 2.45) is 5.10 Å². The molecule has 2 rings (SSSR count). The molecule has 0 fully saturated rings. The van der Waals surface area contributed by atoms with Crippen molar-refractivity contribution >= 4 is 46.9 Å². The Hall–Kier alpha value is -2.37. The average molecular weight is 392 g/mol. The molecule has 2 aromatic rings. The highest BCUT2D eigenvalue weighted by Crippen LogP contribution is 2.24. The van der Waals surface area contributed by atoms with Gasteiger partial charge in [-0.2, -0.15) is 5.10 Å². The van der Waals surface area contributed by atoms with E-state index in [-0.39, 0.29) is 24.7 Å². The maximum atomic E-state index is 12.0. The lowest BCUT2D eigenvalue weighted by molar-refractivity contribution is -0.124.